The fourth-order valence-electron chi connectivity index (χ4n) is 4.78. The highest BCUT2D eigenvalue weighted by Gasteiger charge is 2.41. The van der Waals surface area contributed by atoms with Gasteiger partial charge < -0.3 is 4.90 Å². The van der Waals surface area contributed by atoms with Gasteiger partial charge in [0.25, 0.3) is 5.91 Å². The van der Waals surface area contributed by atoms with Crippen molar-refractivity contribution in [1.82, 2.24) is 20.7 Å². The van der Waals surface area contributed by atoms with Crippen LogP contribution in [-0.4, -0.2) is 55.6 Å². The second-order valence-electron chi connectivity index (χ2n) is 8.37. The van der Waals surface area contributed by atoms with Crippen LogP contribution >= 0.6 is 0 Å². The Morgan fingerprint density at radius 2 is 2.03 bits per heavy atom. The molecule has 0 spiro atoms. The third kappa shape index (κ3) is 4.73. The monoisotopic (exact) mass is 443 g/mol. The predicted octanol–water partition coefficient (Wildman–Crippen LogP) is 2.02. The van der Waals surface area contributed by atoms with E-state index in [-0.39, 0.29) is 23.9 Å². The third-order valence-corrected chi connectivity index (χ3v) is 6.76. The number of hydrazine groups is 1. The zero-order valence-corrected chi connectivity index (χ0v) is 18.7. The number of nitrogens with zero attached hydrogens (tertiary/aromatic N) is 2. The van der Waals surface area contributed by atoms with Crippen molar-refractivity contribution in [1.29, 1.82) is 0 Å². The quantitative estimate of drug-likeness (QED) is 0.653. The molecule has 3 N–H and O–H groups in total. The van der Waals surface area contributed by atoms with E-state index in [1.807, 2.05) is 17.3 Å². The summed E-state index contributed by atoms with van der Waals surface area (Å²) in [5, 5.41) is 0. The maximum atomic E-state index is 13.6. The van der Waals surface area contributed by atoms with Gasteiger partial charge in [0.2, 0.25) is 10.0 Å². The van der Waals surface area contributed by atoms with Crippen molar-refractivity contribution in [2.75, 3.05) is 24.1 Å². The molecular formula is C22H29N5O3S. The molecule has 2 aromatic rings. The molecule has 1 aromatic carbocycles. The minimum Gasteiger partial charge on any atom is -0.334 e. The van der Waals surface area contributed by atoms with Crippen molar-refractivity contribution in [3.05, 3.63) is 59.4 Å². The Bertz CT molecular complexity index is 1060. The van der Waals surface area contributed by atoms with Gasteiger partial charge in [-0.1, -0.05) is 12.1 Å². The Balaban J connectivity index is 1.64. The topological polar surface area (TPSA) is 103 Å². The maximum Gasteiger partial charge on any atom is 0.256 e. The lowest BCUT2D eigenvalue weighted by molar-refractivity contribution is 0.0551. The number of aryl methyl sites for hydroxylation is 1. The lowest BCUT2D eigenvalue weighted by Gasteiger charge is -2.41. The summed E-state index contributed by atoms with van der Waals surface area (Å²) in [5.41, 5.74) is 9.77. The SMILES string of the molecule is Cc1cnccc1C1CNNC1C1CCCCN1C(=O)c1ccccc1NS(C)(=O)=O. The van der Waals surface area contributed by atoms with Gasteiger partial charge in [-0.05, 0) is 55.5 Å². The number of carbonyl (C=O) groups excluding carboxylic acids is 1. The zero-order chi connectivity index (χ0) is 22.0. The molecule has 31 heavy (non-hydrogen) atoms. The summed E-state index contributed by atoms with van der Waals surface area (Å²) in [6.45, 7) is 3.49. The van der Waals surface area contributed by atoms with Crippen molar-refractivity contribution < 1.29 is 13.2 Å². The number of amides is 1. The highest BCUT2D eigenvalue weighted by atomic mass is 32.2. The van der Waals surface area contributed by atoms with Crippen molar-refractivity contribution in [3.63, 3.8) is 0 Å². The van der Waals surface area contributed by atoms with Crippen LogP contribution in [0.25, 0.3) is 0 Å². The Labute approximate surface area is 183 Å². The Morgan fingerprint density at radius 3 is 2.81 bits per heavy atom. The summed E-state index contributed by atoms with van der Waals surface area (Å²) in [5.74, 6) is 0.0705. The number of rotatable bonds is 5. The molecule has 3 atom stereocenters. The van der Waals surface area contributed by atoms with Gasteiger partial charge in [0.1, 0.15) is 0 Å². The predicted molar refractivity (Wildman–Crippen MR) is 120 cm³/mol. The van der Waals surface area contributed by atoms with Crippen LogP contribution in [0.3, 0.4) is 0 Å². The van der Waals surface area contributed by atoms with Crippen LogP contribution in [0.2, 0.25) is 0 Å². The van der Waals surface area contributed by atoms with Gasteiger partial charge in [0, 0.05) is 43.5 Å². The van der Waals surface area contributed by atoms with Crippen LogP contribution in [0, 0.1) is 6.92 Å². The summed E-state index contributed by atoms with van der Waals surface area (Å²) >= 11 is 0. The standard InChI is InChI=1S/C22H29N5O3S/c1-15-13-23-11-10-16(15)18-14-24-25-21(18)20-9-5-6-12-27(20)22(28)17-7-3-4-8-19(17)26-31(2,29)30/h3-4,7-8,10-11,13,18,20-21,24-26H,5-6,9,12,14H2,1-2H3. The molecule has 0 saturated carbocycles. The molecule has 4 rings (SSSR count). The molecule has 1 aromatic heterocycles. The molecule has 3 heterocycles. The van der Waals surface area contributed by atoms with E-state index in [1.54, 1.807) is 24.3 Å². The molecule has 0 bridgehead atoms. The number of piperidine rings is 1. The van der Waals surface area contributed by atoms with E-state index in [0.717, 1.165) is 37.6 Å². The van der Waals surface area contributed by atoms with Crippen molar-refractivity contribution in [2.45, 2.75) is 44.2 Å². The maximum absolute atomic E-state index is 13.6. The molecule has 2 aliphatic heterocycles. The summed E-state index contributed by atoms with van der Waals surface area (Å²) in [6, 6.07) is 8.92. The number of para-hydroxylation sites is 1. The van der Waals surface area contributed by atoms with E-state index in [1.165, 1.54) is 5.56 Å². The molecular weight excluding hydrogens is 414 g/mol. The van der Waals surface area contributed by atoms with Gasteiger partial charge in [0.15, 0.2) is 0 Å². The number of nitrogens with one attached hydrogen (secondary N) is 3. The number of hydrogen-bond acceptors (Lipinski definition) is 6. The van der Waals surface area contributed by atoms with Gasteiger partial charge in [-0.25, -0.2) is 8.42 Å². The van der Waals surface area contributed by atoms with E-state index in [9.17, 15) is 13.2 Å². The van der Waals surface area contributed by atoms with Crippen LogP contribution < -0.4 is 15.6 Å². The second kappa shape index (κ2) is 8.94. The van der Waals surface area contributed by atoms with Crippen molar-refractivity contribution >= 4 is 21.6 Å². The highest BCUT2D eigenvalue weighted by molar-refractivity contribution is 7.92. The number of anilines is 1. The number of aromatic nitrogens is 1. The normalized spacial score (nSPS) is 24.2. The molecule has 1 amide bonds. The van der Waals surface area contributed by atoms with Crippen molar-refractivity contribution in [3.8, 4) is 0 Å². The van der Waals surface area contributed by atoms with Crippen LogP contribution in [-0.2, 0) is 10.0 Å². The largest absolute Gasteiger partial charge is 0.334 e. The molecule has 2 saturated heterocycles. The summed E-state index contributed by atoms with van der Waals surface area (Å²) in [6.07, 6.45) is 7.66. The molecule has 0 aliphatic carbocycles. The van der Waals surface area contributed by atoms with Crippen LogP contribution in [0.1, 0.15) is 46.7 Å². The van der Waals surface area contributed by atoms with E-state index < -0.39 is 10.0 Å². The Kier molecular flexibility index (Phi) is 6.27. The van der Waals surface area contributed by atoms with E-state index in [0.29, 0.717) is 17.8 Å². The van der Waals surface area contributed by atoms with E-state index >= 15 is 0 Å². The number of sulfonamides is 1. The second-order valence-corrected chi connectivity index (χ2v) is 10.1. The van der Waals surface area contributed by atoms with Gasteiger partial charge in [0.05, 0.1) is 17.5 Å². The first-order valence-corrected chi connectivity index (χ1v) is 12.5. The first-order valence-electron chi connectivity index (χ1n) is 10.6. The average molecular weight is 444 g/mol. The fourth-order valence-corrected chi connectivity index (χ4v) is 5.36. The molecule has 3 unspecified atom stereocenters. The molecule has 0 radical (unpaired) electrons. The van der Waals surface area contributed by atoms with Gasteiger partial charge in [-0.3, -0.25) is 25.4 Å². The lowest BCUT2D eigenvalue weighted by Crippen LogP contribution is -2.55. The summed E-state index contributed by atoms with van der Waals surface area (Å²) in [4.78, 5) is 19.7. The Hall–Kier alpha value is -2.49. The number of benzene rings is 1. The van der Waals surface area contributed by atoms with Gasteiger partial charge in [-0.15, -0.1) is 0 Å². The highest BCUT2D eigenvalue weighted by Crippen LogP contribution is 2.33. The molecule has 166 valence electrons. The molecule has 2 aliphatic rings. The van der Waals surface area contributed by atoms with Crippen LogP contribution in [0.4, 0.5) is 5.69 Å². The minimum atomic E-state index is -3.49. The zero-order valence-electron chi connectivity index (χ0n) is 17.8. The third-order valence-electron chi connectivity index (χ3n) is 6.16. The molecule has 9 heteroatoms. The summed E-state index contributed by atoms with van der Waals surface area (Å²) < 4.78 is 26.1. The number of pyridine rings is 1. The first kappa shape index (κ1) is 21.7. The lowest BCUT2D eigenvalue weighted by atomic mass is 9.83. The minimum absolute atomic E-state index is 0.0000973. The van der Waals surface area contributed by atoms with Crippen LogP contribution in [0.15, 0.2) is 42.7 Å². The number of hydrogen-bond donors (Lipinski definition) is 3. The van der Waals surface area contributed by atoms with E-state index in [2.05, 4.69) is 33.5 Å². The summed E-state index contributed by atoms with van der Waals surface area (Å²) in [7, 11) is -3.49. The first-order chi connectivity index (χ1) is 14.8. The number of carbonyl (C=O) groups is 1. The smallest absolute Gasteiger partial charge is 0.256 e. The molecule has 2 fully saturated rings. The number of likely N-dealkylation sites (tertiary alicyclic amines) is 1. The molecule has 8 nitrogen and oxygen atoms in total. The average Bonchev–Trinajstić information content (AvgIpc) is 3.22. The van der Waals surface area contributed by atoms with E-state index in [4.69, 9.17) is 0 Å². The van der Waals surface area contributed by atoms with Crippen LogP contribution in [0.5, 0.6) is 0 Å². The van der Waals surface area contributed by atoms with Crippen molar-refractivity contribution in [2.24, 2.45) is 0 Å². The Morgan fingerprint density at radius 1 is 1.23 bits per heavy atom. The van der Waals surface area contributed by atoms with Gasteiger partial charge in [-0.2, -0.15) is 0 Å². The van der Waals surface area contributed by atoms with Gasteiger partial charge >= 0.3 is 0 Å². The fraction of sp³-hybridized carbons (Fsp3) is 0.455.